The van der Waals surface area contributed by atoms with Crippen LogP contribution in [0, 0.1) is 5.41 Å². The number of amides is 1. The number of nitrogens with one attached hydrogen (secondary N) is 1. The molecule has 0 spiro atoms. The highest BCUT2D eigenvalue weighted by atomic mass is 32.1. The molecule has 1 atom stereocenters. The van der Waals surface area contributed by atoms with E-state index in [4.69, 9.17) is 5.11 Å². The molecule has 2 N–H and O–H groups in total. The van der Waals surface area contributed by atoms with Crippen LogP contribution in [-0.4, -0.2) is 23.0 Å². The summed E-state index contributed by atoms with van der Waals surface area (Å²) in [4.78, 5) is 23.8. The molecule has 1 rings (SSSR count). The van der Waals surface area contributed by atoms with Gasteiger partial charge in [-0.15, -0.1) is 11.3 Å². The first kappa shape index (κ1) is 14.7. The molecule has 18 heavy (non-hydrogen) atoms. The molecular weight excluding hydrogens is 250 g/mol. The molecule has 0 aliphatic carbocycles. The Kier molecular flexibility index (Phi) is 4.90. The van der Waals surface area contributed by atoms with Crippen molar-refractivity contribution in [3.63, 3.8) is 0 Å². The van der Waals surface area contributed by atoms with E-state index < -0.39 is 12.0 Å². The fourth-order valence-corrected chi connectivity index (χ4v) is 2.33. The van der Waals surface area contributed by atoms with Crippen molar-refractivity contribution in [3.05, 3.63) is 22.4 Å². The summed E-state index contributed by atoms with van der Waals surface area (Å²) >= 11 is 1.49. The highest BCUT2D eigenvalue weighted by Crippen LogP contribution is 2.21. The van der Waals surface area contributed by atoms with Crippen LogP contribution >= 0.6 is 11.3 Å². The normalized spacial score (nSPS) is 13.1. The lowest BCUT2D eigenvalue weighted by Gasteiger charge is -2.23. The Morgan fingerprint density at radius 3 is 2.56 bits per heavy atom. The summed E-state index contributed by atoms with van der Waals surface area (Å²) in [5.41, 5.74) is -0.140. The van der Waals surface area contributed by atoms with Gasteiger partial charge in [-0.25, -0.2) is 4.79 Å². The van der Waals surface area contributed by atoms with Crippen LogP contribution in [0.2, 0.25) is 0 Å². The minimum Gasteiger partial charge on any atom is -0.480 e. The Morgan fingerprint density at radius 2 is 2.11 bits per heavy atom. The second-order valence-electron chi connectivity index (χ2n) is 5.48. The van der Waals surface area contributed by atoms with Gasteiger partial charge >= 0.3 is 5.97 Å². The van der Waals surface area contributed by atoms with E-state index in [1.54, 1.807) is 0 Å². The maximum Gasteiger partial charge on any atom is 0.326 e. The molecule has 0 saturated carbocycles. The van der Waals surface area contributed by atoms with Crippen molar-refractivity contribution in [1.82, 2.24) is 5.32 Å². The topological polar surface area (TPSA) is 66.4 Å². The van der Waals surface area contributed by atoms with Crippen LogP contribution in [0.25, 0.3) is 0 Å². The van der Waals surface area contributed by atoms with E-state index in [9.17, 15) is 9.59 Å². The number of hydrogen-bond donors (Lipinski definition) is 2. The first-order valence-electron chi connectivity index (χ1n) is 5.82. The van der Waals surface area contributed by atoms with Crippen LogP contribution < -0.4 is 5.32 Å². The van der Waals surface area contributed by atoms with Gasteiger partial charge in [-0.1, -0.05) is 26.8 Å². The van der Waals surface area contributed by atoms with Crippen LogP contribution in [0.15, 0.2) is 17.5 Å². The molecule has 1 unspecified atom stereocenters. The van der Waals surface area contributed by atoms with Crippen molar-refractivity contribution in [2.75, 3.05) is 0 Å². The van der Waals surface area contributed by atoms with Crippen LogP contribution in [0.5, 0.6) is 0 Å². The van der Waals surface area contributed by atoms with E-state index in [0.717, 1.165) is 4.88 Å². The van der Waals surface area contributed by atoms with E-state index in [-0.39, 0.29) is 17.7 Å². The fourth-order valence-electron chi connectivity index (χ4n) is 1.63. The van der Waals surface area contributed by atoms with Crippen molar-refractivity contribution < 1.29 is 14.7 Å². The standard InChI is InChI=1S/C13H19NO3S/c1-13(2,3)8-10(12(16)17)14-11(15)7-9-5-4-6-18-9/h4-6,10H,7-8H2,1-3H3,(H,14,15)(H,16,17). The predicted octanol–water partition coefficient (Wildman–Crippen LogP) is 2.30. The van der Waals surface area contributed by atoms with Gasteiger partial charge in [0.05, 0.1) is 6.42 Å². The van der Waals surface area contributed by atoms with Gasteiger partial charge in [0.15, 0.2) is 0 Å². The van der Waals surface area contributed by atoms with E-state index in [2.05, 4.69) is 5.32 Å². The van der Waals surface area contributed by atoms with E-state index in [0.29, 0.717) is 6.42 Å². The summed E-state index contributed by atoms with van der Waals surface area (Å²) in [5.74, 6) is -1.22. The molecule has 1 amide bonds. The van der Waals surface area contributed by atoms with Gasteiger partial charge in [-0.05, 0) is 23.3 Å². The molecule has 0 aliphatic heterocycles. The zero-order chi connectivity index (χ0) is 13.8. The van der Waals surface area contributed by atoms with Crippen molar-refractivity contribution in [2.45, 2.75) is 39.7 Å². The first-order valence-corrected chi connectivity index (χ1v) is 6.70. The molecule has 0 bridgehead atoms. The Morgan fingerprint density at radius 1 is 1.44 bits per heavy atom. The SMILES string of the molecule is CC(C)(C)CC(NC(=O)Cc1cccs1)C(=O)O. The molecule has 1 aromatic rings. The van der Waals surface area contributed by atoms with Crippen molar-refractivity contribution in [1.29, 1.82) is 0 Å². The molecule has 4 nitrogen and oxygen atoms in total. The average Bonchev–Trinajstić information content (AvgIpc) is 2.66. The molecule has 100 valence electrons. The zero-order valence-electron chi connectivity index (χ0n) is 10.9. The number of hydrogen-bond acceptors (Lipinski definition) is 3. The van der Waals surface area contributed by atoms with Crippen molar-refractivity contribution in [3.8, 4) is 0 Å². The third-order valence-electron chi connectivity index (χ3n) is 2.36. The minimum atomic E-state index is -0.982. The molecule has 5 heteroatoms. The third kappa shape index (κ3) is 5.31. The highest BCUT2D eigenvalue weighted by molar-refractivity contribution is 7.10. The highest BCUT2D eigenvalue weighted by Gasteiger charge is 2.25. The zero-order valence-corrected chi connectivity index (χ0v) is 11.7. The average molecular weight is 269 g/mol. The molecule has 0 fully saturated rings. The lowest BCUT2D eigenvalue weighted by molar-refractivity contribution is -0.142. The molecule has 0 radical (unpaired) electrons. The van der Waals surface area contributed by atoms with Crippen molar-refractivity contribution >= 4 is 23.2 Å². The summed E-state index contributed by atoms with van der Waals surface area (Å²) < 4.78 is 0. The van der Waals surface area contributed by atoms with Crippen molar-refractivity contribution in [2.24, 2.45) is 5.41 Å². The monoisotopic (exact) mass is 269 g/mol. The second kappa shape index (κ2) is 6.00. The molecule has 0 aliphatic rings. The van der Waals surface area contributed by atoms with E-state index >= 15 is 0 Å². The lowest BCUT2D eigenvalue weighted by atomic mass is 9.88. The molecular formula is C13H19NO3S. The Bertz CT molecular complexity index is 406. The Balaban J connectivity index is 2.56. The van der Waals surface area contributed by atoms with Gasteiger partial charge < -0.3 is 10.4 Å². The summed E-state index contributed by atoms with van der Waals surface area (Å²) in [6, 6.07) is 2.92. The van der Waals surface area contributed by atoms with E-state index in [1.807, 2.05) is 38.3 Å². The third-order valence-corrected chi connectivity index (χ3v) is 3.24. The maximum atomic E-state index is 11.7. The van der Waals surface area contributed by atoms with E-state index in [1.165, 1.54) is 11.3 Å². The van der Waals surface area contributed by atoms with Crippen LogP contribution in [0.1, 0.15) is 32.1 Å². The van der Waals surface area contributed by atoms with Gasteiger partial charge in [-0.2, -0.15) is 0 Å². The Labute approximate surface area is 111 Å². The summed E-state index contributed by atoms with van der Waals surface area (Å²) in [6.07, 6.45) is 0.657. The number of rotatable bonds is 5. The minimum absolute atomic E-state index is 0.140. The fraction of sp³-hybridized carbons (Fsp3) is 0.538. The van der Waals surface area contributed by atoms with Gasteiger partial charge in [0.25, 0.3) is 0 Å². The Hall–Kier alpha value is -1.36. The molecule has 0 aromatic carbocycles. The summed E-state index contributed by atoms with van der Waals surface area (Å²) in [6.45, 7) is 5.86. The number of carboxylic acids is 1. The largest absolute Gasteiger partial charge is 0.480 e. The molecule has 1 aromatic heterocycles. The van der Waals surface area contributed by atoms with Gasteiger partial charge in [0, 0.05) is 4.88 Å². The number of carboxylic acid groups (broad SMARTS) is 1. The van der Waals surface area contributed by atoms with Crippen LogP contribution in [0.4, 0.5) is 0 Å². The number of carbonyl (C=O) groups excluding carboxylic acids is 1. The smallest absolute Gasteiger partial charge is 0.326 e. The van der Waals surface area contributed by atoms with Crippen LogP contribution in [-0.2, 0) is 16.0 Å². The second-order valence-corrected chi connectivity index (χ2v) is 6.51. The summed E-state index contributed by atoms with van der Waals surface area (Å²) in [5, 5.41) is 13.6. The molecule has 1 heterocycles. The van der Waals surface area contributed by atoms with Gasteiger partial charge in [0.2, 0.25) is 5.91 Å². The van der Waals surface area contributed by atoms with Crippen LogP contribution in [0.3, 0.4) is 0 Å². The predicted molar refractivity (Wildman–Crippen MR) is 71.7 cm³/mol. The number of carbonyl (C=O) groups is 2. The number of thiophene rings is 1. The van der Waals surface area contributed by atoms with Gasteiger partial charge in [0.1, 0.15) is 6.04 Å². The maximum absolute atomic E-state index is 11.7. The number of aliphatic carboxylic acids is 1. The van der Waals surface area contributed by atoms with Gasteiger partial charge in [-0.3, -0.25) is 4.79 Å². The molecule has 0 saturated heterocycles. The quantitative estimate of drug-likeness (QED) is 0.862. The first-order chi connectivity index (χ1) is 8.28. The summed E-state index contributed by atoms with van der Waals surface area (Å²) in [7, 11) is 0. The lowest BCUT2D eigenvalue weighted by Crippen LogP contribution is -2.43.